The van der Waals surface area contributed by atoms with Gasteiger partial charge in [-0.25, -0.2) is 19.0 Å². The monoisotopic (exact) mass is 418 g/mol. The van der Waals surface area contributed by atoms with E-state index in [1.165, 1.54) is 19.6 Å². The number of rotatable bonds is 5. The molecule has 9 heteroatoms. The first kappa shape index (κ1) is 19.4. The molecule has 0 saturated carbocycles. The molecule has 3 N–H and O–H groups in total. The third kappa shape index (κ3) is 3.56. The first-order valence-electron chi connectivity index (χ1n) is 8.93. The predicted molar refractivity (Wildman–Crippen MR) is 115 cm³/mol. The van der Waals surface area contributed by atoms with Gasteiger partial charge in [-0.3, -0.25) is 0 Å². The van der Waals surface area contributed by atoms with Crippen molar-refractivity contribution in [3.05, 3.63) is 60.4 Å². The second kappa shape index (κ2) is 7.50. The number of nitrogens with one attached hydrogen (secondary N) is 3. The Morgan fingerprint density at radius 3 is 2.80 bits per heavy atom. The highest BCUT2D eigenvalue weighted by atomic mass is 32.2. The second-order valence-electron chi connectivity index (χ2n) is 6.65. The number of nitrogens with zero attached hydrogens (tertiary/aromatic N) is 3. The maximum absolute atomic E-state index is 12.0. The number of aromatic amines is 1. The molecule has 8 nitrogen and oxygen atoms in total. The van der Waals surface area contributed by atoms with Crippen molar-refractivity contribution < 1.29 is 8.95 Å². The molecule has 30 heavy (non-hydrogen) atoms. The van der Waals surface area contributed by atoms with Gasteiger partial charge in [-0.05, 0) is 24.3 Å². The molecule has 0 radical (unpaired) electrons. The fourth-order valence-electron chi connectivity index (χ4n) is 3.13. The topological polar surface area (TPSA) is 128 Å². The molecule has 2 heterocycles. The molecule has 0 spiro atoms. The highest BCUT2D eigenvalue weighted by Crippen LogP contribution is 2.32. The van der Waals surface area contributed by atoms with Gasteiger partial charge in [0, 0.05) is 28.9 Å². The van der Waals surface area contributed by atoms with Gasteiger partial charge in [-0.15, -0.1) is 0 Å². The van der Waals surface area contributed by atoms with E-state index in [1.807, 2.05) is 30.5 Å². The largest absolute Gasteiger partial charge is 0.495 e. The van der Waals surface area contributed by atoms with Crippen LogP contribution in [0.25, 0.3) is 22.2 Å². The van der Waals surface area contributed by atoms with Crippen LogP contribution in [0.15, 0.2) is 59.8 Å². The summed E-state index contributed by atoms with van der Waals surface area (Å²) < 4.78 is 25.1. The first-order chi connectivity index (χ1) is 14.4. The van der Waals surface area contributed by atoms with Crippen LogP contribution in [0, 0.1) is 16.1 Å². The molecule has 150 valence electrons. The molecule has 2 aromatic heterocycles. The minimum absolute atomic E-state index is 0.281. The lowest BCUT2D eigenvalue weighted by Gasteiger charge is -2.13. The Kier molecular flexibility index (Phi) is 4.85. The van der Waals surface area contributed by atoms with Gasteiger partial charge >= 0.3 is 0 Å². The van der Waals surface area contributed by atoms with E-state index in [1.54, 1.807) is 18.2 Å². The fraction of sp³-hybridized carbons (Fsp3) is 0.0952. The highest BCUT2D eigenvalue weighted by molar-refractivity contribution is 7.91. The molecule has 1 atom stereocenters. The Bertz CT molecular complexity index is 1400. The molecule has 0 aliphatic heterocycles. The molecule has 4 aromatic rings. The van der Waals surface area contributed by atoms with Gasteiger partial charge in [0.2, 0.25) is 5.95 Å². The van der Waals surface area contributed by atoms with Gasteiger partial charge in [0.1, 0.15) is 11.8 Å². The minimum Gasteiger partial charge on any atom is -0.495 e. The van der Waals surface area contributed by atoms with Crippen LogP contribution in [-0.2, 0) is 9.73 Å². The summed E-state index contributed by atoms with van der Waals surface area (Å²) in [6.07, 6.45) is 4.64. The molecular weight excluding hydrogens is 400 g/mol. The van der Waals surface area contributed by atoms with E-state index in [-0.39, 0.29) is 5.95 Å². The molecule has 2 aromatic carbocycles. The highest BCUT2D eigenvalue weighted by Gasteiger charge is 2.15. The van der Waals surface area contributed by atoms with Crippen LogP contribution in [0.2, 0.25) is 0 Å². The number of aromatic nitrogens is 3. The van der Waals surface area contributed by atoms with Crippen LogP contribution in [0.1, 0.15) is 5.56 Å². The number of fused-ring (bicyclic) bond motifs is 1. The summed E-state index contributed by atoms with van der Waals surface area (Å²) in [5.74, 6) is 0.694. The number of benzene rings is 2. The zero-order valence-electron chi connectivity index (χ0n) is 16.3. The van der Waals surface area contributed by atoms with Crippen molar-refractivity contribution in [2.45, 2.75) is 4.90 Å². The fourth-order valence-corrected chi connectivity index (χ4v) is 3.79. The van der Waals surface area contributed by atoms with Crippen molar-refractivity contribution in [3.63, 3.8) is 0 Å². The molecule has 0 saturated heterocycles. The number of methoxy groups -OCH3 is 1. The molecule has 0 amide bonds. The van der Waals surface area contributed by atoms with Gasteiger partial charge in [-0.2, -0.15) is 5.26 Å². The lowest BCUT2D eigenvalue weighted by Crippen LogP contribution is -2.03. The quantitative estimate of drug-likeness (QED) is 0.444. The van der Waals surface area contributed by atoms with Gasteiger partial charge in [0.25, 0.3) is 0 Å². The summed E-state index contributed by atoms with van der Waals surface area (Å²) in [6, 6.07) is 14.7. The predicted octanol–water partition coefficient (Wildman–Crippen LogP) is 4.28. The van der Waals surface area contributed by atoms with E-state index < -0.39 is 9.73 Å². The molecule has 4 rings (SSSR count). The number of nitriles is 1. The van der Waals surface area contributed by atoms with Gasteiger partial charge in [-0.1, -0.05) is 18.2 Å². The van der Waals surface area contributed by atoms with Crippen LogP contribution in [0.5, 0.6) is 5.75 Å². The van der Waals surface area contributed by atoms with E-state index in [4.69, 9.17) is 9.52 Å². The molecule has 0 aliphatic carbocycles. The standard InChI is InChI=1S/C21H18N6O2S/c1-29-19-9-14(30(2,23)28)7-8-18(19)26-21-25-11-13(10-22)20(27-21)16-12-24-17-6-4-3-5-15(16)17/h3-9,11-12,23-24H,1-2H3,(H,25,26,27). The lowest BCUT2D eigenvalue weighted by molar-refractivity contribution is 0.415. The summed E-state index contributed by atoms with van der Waals surface area (Å²) in [7, 11) is -1.38. The van der Waals surface area contributed by atoms with Crippen molar-refractivity contribution in [2.24, 2.45) is 0 Å². The van der Waals surface area contributed by atoms with Crippen molar-refractivity contribution in [3.8, 4) is 23.1 Å². The lowest BCUT2D eigenvalue weighted by atomic mass is 10.1. The van der Waals surface area contributed by atoms with Crippen molar-refractivity contribution in [2.75, 3.05) is 18.7 Å². The SMILES string of the molecule is COc1cc(S(C)(=N)=O)ccc1Nc1ncc(C#N)c(-c2c[nH]c3ccccc23)n1. The average molecular weight is 418 g/mol. The van der Waals surface area contributed by atoms with Gasteiger partial charge in [0.15, 0.2) is 0 Å². The zero-order valence-corrected chi connectivity index (χ0v) is 17.1. The van der Waals surface area contributed by atoms with Crippen LogP contribution in [0.4, 0.5) is 11.6 Å². The summed E-state index contributed by atoms with van der Waals surface area (Å²) in [5, 5.41) is 13.6. The molecule has 0 fully saturated rings. The number of hydrogen-bond donors (Lipinski definition) is 3. The number of ether oxygens (including phenoxy) is 1. The van der Waals surface area contributed by atoms with E-state index in [0.717, 1.165) is 16.5 Å². The van der Waals surface area contributed by atoms with E-state index in [0.29, 0.717) is 27.6 Å². The minimum atomic E-state index is -2.87. The molecule has 0 bridgehead atoms. The molecule has 0 aliphatic rings. The van der Waals surface area contributed by atoms with E-state index in [2.05, 4.69) is 26.3 Å². The third-order valence-electron chi connectivity index (χ3n) is 4.62. The third-order valence-corrected chi connectivity index (χ3v) is 5.78. The first-order valence-corrected chi connectivity index (χ1v) is 10.9. The summed E-state index contributed by atoms with van der Waals surface area (Å²) >= 11 is 0. The molecule has 1 unspecified atom stereocenters. The zero-order chi connectivity index (χ0) is 21.3. The maximum atomic E-state index is 12.0. The number of anilines is 2. The smallest absolute Gasteiger partial charge is 0.227 e. The Balaban J connectivity index is 1.77. The summed E-state index contributed by atoms with van der Waals surface area (Å²) in [5.41, 5.74) is 3.16. The van der Waals surface area contributed by atoms with Crippen LogP contribution >= 0.6 is 0 Å². The van der Waals surface area contributed by atoms with Crippen molar-refractivity contribution in [1.82, 2.24) is 15.0 Å². The van der Waals surface area contributed by atoms with Gasteiger partial charge < -0.3 is 15.0 Å². The Morgan fingerprint density at radius 1 is 1.27 bits per heavy atom. The summed E-state index contributed by atoms with van der Waals surface area (Å²) in [4.78, 5) is 12.4. The number of para-hydroxylation sites is 1. The van der Waals surface area contributed by atoms with Gasteiger partial charge in [0.05, 0.1) is 44.9 Å². The van der Waals surface area contributed by atoms with Crippen LogP contribution in [-0.4, -0.2) is 32.5 Å². The number of hydrogen-bond acceptors (Lipinski definition) is 7. The van der Waals surface area contributed by atoms with Crippen molar-refractivity contribution >= 4 is 32.3 Å². The average Bonchev–Trinajstić information content (AvgIpc) is 3.17. The van der Waals surface area contributed by atoms with Crippen LogP contribution in [0.3, 0.4) is 0 Å². The Hall–Kier alpha value is -3.90. The van der Waals surface area contributed by atoms with E-state index >= 15 is 0 Å². The van der Waals surface area contributed by atoms with E-state index in [9.17, 15) is 9.47 Å². The van der Waals surface area contributed by atoms with Crippen LogP contribution < -0.4 is 10.1 Å². The normalized spacial score (nSPS) is 12.8. The van der Waals surface area contributed by atoms with Crippen molar-refractivity contribution in [1.29, 1.82) is 10.0 Å². The molecular formula is C21H18N6O2S. The summed E-state index contributed by atoms with van der Waals surface area (Å²) in [6.45, 7) is 0. The number of H-pyrrole nitrogens is 1. The maximum Gasteiger partial charge on any atom is 0.227 e. The second-order valence-corrected chi connectivity index (χ2v) is 8.81. The Morgan fingerprint density at radius 2 is 2.07 bits per heavy atom. The Labute approximate surface area is 173 Å².